The van der Waals surface area contributed by atoms with Crippen molar-refractivity contribution in [3.8, 4) is 0 Å². The summed E-state index contributed by atoms with van der Waals surface area (Å²) in [6.45, 7) is 4.46. The number of phosphoric acid groups is 1. The van der Waals surface area contributed by atoms with Gasteiger partial charge >= 0.3 is 19.8 Å². The first-order valence-corrected chi connectivity index (χ1v) is 12.6. The molecule has 0 aliphatic carbocycles. The Morgan fingerprint density at radius 2 is 1.42 bits per heavy atom. The molecule has 208 valence electrons. The number of rotatable bonds is 17. The molecule has 5 atom stereocenters. The molecule has 0 aromatic carbocycles. The normalized spacial score (nSPS) is 15.8. The van der Waals surface area contributed by atoms with Crippen LogP contribution in [0.2, 0.25) is 0 Å². The molecule has 0 saturated carbocycles. The van der Waals surface area contributed by atoms with Crippen LogP contribution in [-0.2, 0) is 33.1 Å². The van der Waals surface area contributed by atoms with Gasteiger partial charge < -0.3 is 47.4 Å². The number of carbonyl (C=O) groups excluding carboxylic acids is 3. The minimum absolute atomic E-state index is 0.211. The van der Waals surface area contributed by atoms with E-state index in [4.69, 9.17) is 31.5 Å². The number of carbonyl (C=O) groups is 5. The maximum absolute atomic E-state index is 13.0. The fraction of sp³-hybridized carbons (Fsp3) is 0.737. The quantitative estimate of drug-likeness (QED) is 0.0687. The molecule has 0 fully saturated rings. The third-order valence-corrected chi connectivity index (χ3v) is 5.51. The molecule has 0 unspecified atom stereocenters. The van der Waals surface area contributed by atoms with Gasteiger partial charge in [0.05, 0.1) is 18.6 Å². The van der Waals surface area contributed by atoms with Crippen molar-refractivity contribution < 1.29 is 53.1 Å². The summed E-state index contributed by atoms with van der Waals surface area (Å²) in [5.41, 5.74) is 11.2. The van der Waals surface area contributed by atoms with E-state index in [2.05, 4.69) is 15.2 Å². The van der Waals surface area contributed by atoms with Crippen molar-refractivity contribution in [2.75, 3.05) is 6.54 Å². The first kappa shape index (κ1) is 33.4. The maximum atomic E-state index is 13.0. The Balaban J connectivity index is 5.74. The summed E-state index contributed by atoms with van der Waals surface area (Å²) in [7, 11) is -5.10. The number of phosphoric ester groups is 1. The van der Waals surface area contributed by atoms with E-state index >= 15 is 0 Å². The predicted octanol–water partition coefficient (Wildman–Crippen LogP) is -2.39. The fourth-order valence-corrected chi connectivity index (χ4v) is 3.54. The Bertz CT molecular complexity index is 835. The van der Waals surface area contributed by atoms with Gasteiger partial charge in [0, 0.05) is 0 Å². The molecule has 0 rings (SSSR count). The zero-order valence-electron chi connectivity index (χ0n) is 20.2. The standard InChI is InChI=1S/C19H36N5O11P/c1-9(2)14(17(28)22-12(19(30)31)8-13(25)26)23-18(29)15(10(3)35-36(32,33)34)24-16(27)11(21)6-4-5-7-20/h9-12,14-15H,4-8,20-21H2,1-3H3,(H,22,28)(H,23,29)(H,24,27)(H,25,26)(H,30,31)(H2,32,33,34)/t10-,11+,12+,14+,15+/m1/s1. The number of amides is 3. The first-order chi connectivity index (χ1) is 16.5. The number of carboxylic acid groups (broad SMARTS) is 2. The van der Waals surface area contributed by atoms with E-state index in [-0.39, 0.29) is 6.42 Å². The molecular weight excluding hydrogens is 505 g/mol. The lowest BCUT2D eigenvalue weighted by Crippen LogP contribution is -2.61. The molecule has 0 aromatic rings. The highest BCUT2D eigenvalue weighted by molar-refractivity contribution is 7.46. The second kappa shape index (κ2) is 15.5. The summed E-state index contributed by atoms with van der Waals surface area (Å²) < 4.78 is 15.8. The molecule has 0 saturated heterocycles. The van der Waals surface area contributed by atoms with Crippen LogP contribution in [0.5, 0.6) is 0 Å². The zero-order chi connectivity index (χ0) is 28.2. The lowest BCUT2D eigenvalue weighted by molar-refractivity contribution is -0.147. The molecular formula is C19H36N5O11P. The van der Waals surface area contributed by atoms with Crippen LogP contribution in [0.3, 0.4) is 0 Å². The molecule has 0 heterocycles. The molecule has 0 spiro atoms. The lowest BCUT2D eigenvalue weighted by atomic mass is 10.0. The van der Waals surface area contributed by atoms with Crippen LogP contribution in [0.15, 0.2) is 0 Å². The van der Waals surface area contributed by atoms with Gasteiger partial charge in [0.25, 0.3) is 0 Å². The van der Waals surface area contributed by atoms with E-state index < -0.39 is 80.1 Å². The summed E-state index contributed by atoms with van der Waals surface area (Å²) in [6.07, 6.45) is -1.20. The van der Waals surface area contributed by atoms with Crippen molar-refractivity contribution in [3.63, 3.8) is 0 Å². The summed E-state index contributed by atoms with van der Waals surface area (Å²) in [6, 6.07) is -5.99. The van der Waals surface area contributed by atoms with Gasteiger partial charge in [-0.25, -0.2) is 9.36 Å². The third-order valence-electron chi connectivity index (χ3n) is 4.90. The Hall–Kier alpha value is -2.62. The van der Waals surface area contributed by atoms with Crippen LogP contribution in [0.1, 0.15) is 46.5 Å². The predicted molar refractivity (Wildman–Crippen MR) is 124 cm³/mol. The summed E-state index contributed by atoms with van der Waals surface area (Å²) in [5, 5.41) is 24.5. The minimum atomic E-state index is -5.10. The van der Waals surface area contributed by atoms with Crippen molar-refractivity contribution in [1.29, 1.82) is 0 Å². The SMILES string of the molecule is CC(C)[C@H](NC(=O)[C@@H](NC(=O)[C@@H](N)CCCCN)[C@@H](C)OP(=O)(O)O)C(=O)N[C@@H](CC(=O)O)C(=O)O. The number of nitrogens with two attached hydrogens (primary N) is 2. The van der Waals surface area contributed by atoms with Gasteiger partial charge in [-0.05, 0) is 32.2 Å². The average molecular weight is 541 g/mol. The monoisotopic (exact) mass is 541 g/mol. The van der Waals surface area contributed by atoms with Crippen LogP contribution in [-0.4, -0.2) is 86.5 Å². The van der Waals surface area contributed by atoms with Crippen LogP contribution in [0.4, 0.5) is 0 Å². The van der Waals surface area contributed by atoms with E-state index in [1.807, 2.05) is 5.32 Å². The number of unbranched alkanes of at least 4 members (excludes halogenated alkanes) is 1. The van der Waals surface area contributed by atoms with E-state index in [0.717, 1.165) is 6.92 Å². The van der Waals surface area contributed by atoms with Crippen molar-refractivity contribution in [1.82, 2.24) is 16.0 Å². The highest BCUT2D eigenvalue weighted by Gasteiger charge is 2.37. The molecule has 3 amide bonds. The average Bonchev–Trinajstić information content (AvgIpc) is 2.72. The highest BCUT2D eigenvalue weighted by atomic mass is 31.2. The molecule has 0 bridgehead atoms. The van der Waals surface area contributed by atoms with Gasteiger partial charge in [0.15, 0.2) is 0 Å². The molecule has 17 heteroatoms. The van der Waals surface area contributed by atoms with Crippen LogP contribution >= 0.6 is 7.82 Å². The van der Waals surface area contributed by atoms with Crippen molar-refractivity contribution in [3.05, 3.63) is 0 Å². The van der Waals surface area contributed by atoms with Crippen LogP contribution in [0, 0.1) is 5.92 Å². The minimum Gasteiger partial charge on any atom is -0.481 e. The molecule has 11 N–H and O–H groups in total. The Kier molecular flexibility index (Phi) is 14.4. The maximum Gasteiger partial charge on any atom is 0.469 e. The largest absolute Gasteiger partial charge is 0.481 e. The van der Waals surface area contributed by atoms with E-state index in [9.17, 15) is 28.5 Å². The molecule has 36 heavy (non-hydrogen) atoms. The van der Waals surface area contributed by atoms with E-state index in [1.54, 1.807) is 0 Å². The van der Waals surface area contributed by atoms with Gasteiger partial charge in [0.2, 0.25) is 17.7 Å². The Labute approximate surface area is 207 Å². The number of aliphatic carboxylic acids is 2. The van der Waals surface area contributed by atoms with Crippen LogP contribution in [0.25, 0.3) is 0 Å². The highest BCUT2D eigenvalue weighted by Crippen LogP contribution is 2.38. The second-order valence-electron chi connectivity index (χ2n) is 8.41. The molecule has 0 radical (unpaired) electrons. The number of hydrogen-bond donors (Lipinski definition) is 9. The number of nitrogens with one attached hydrogen (secondary N) is 3. The second-order valence-corrected chi connectivity index (χ2v) is 9.60. The summed E-state index contributed by atoms with van der Waals surface area (Å²) >= 11 is 0. The first-order valence-electron chi connectivity index (χ1n) is 11.0. The van der Waals surface area contributed by atoms with Gasteiger partial charge in [0.1, 0.15) is 18.1 Å². The van der Waals surface area contributed by atoms with Crippen molar-refractivity contribution in [2.45, 2.75) is 76.7 Å². The molecule has 0 aromatic heterocycles. The smallest absolute Gasteiger partial charge is 0.469 e. The van der Waals surface area contributed by atoms with Gasteiger partial charge in [-0.2, -0.15) is 0 Å². The Morgan fingerprint density at radius 1 is 0.889 bits per heavy atom. The van der Waals surface area contributed by atoms with E-state index in [0.29, 0.717) is 19.4 Å². The third kappa shape index (κ3) is 12.9. The number of hydrogen-bond acceptors (Lipinski definition) is 9. The topological polar surface area (TPSA) is 281 Å². The Morgan fingerprint density at radius 3 is 1.86 bits per heavy atom. The number of carboxylic acids is 2. The fourth-order valence-electron chi connectivity index (χ4n) is 2.99. The summed E-state index contributed by atoms with van der Waals surface area (Å²) in [4.78, 5) is 78.6. The molecule has 0 aliphatic heterocycles. The van der Waals surface area contributed by atoms with E-state index in [1.165, 1.54) is 13.8 Å². The van der Waals surface area contributed by atoms with Gasteiger partial charge in [-0.1, -0.05) is 20.3 Å². The van der Waals surface area contributed by atoms with Crippen molar-refractivity contribution >= 4 is 37.5 Å². The molecule has 16 nitrogen and oxygen atoms in total. The molecule has 0 aliphatic rings. The van der Waals surface area contributed by atoms with Crippen LogP contribution < -0.4 is 27.4 Å². The van der Waals surface area contributed by atoms with Gasteiger partial charge in [-0.3, -0.25) is 23.7 Å². The summed E-state index contributed by atoms with van der Waals surface area (Å²) in [5.74, 6) is -6.69. The zero-order valence-corrected chi connectivity index (χ0v) is 21.1. The van der Waals surface area contributed by atoms with Gasteiger partial charge in [-0.15, -0.1) is 0 Å². The van der Waals surface area contributed by atoms with Crippen molar-refractivity contribution in [2.24, 2.45) is 17.4 Å². The lowest BCUT2D eigenvalue weighted by Gasteiger charge is -2.29.